The van der Waals surface area contributed by atoms with Crippen LogP contribution in [0, 0.1) is 0 Å². The van der Waals surface area contributed by atoms with Gasteiger partial charge in [0.05, 0.1) is 0 Å². The van der Waals surface area contributed by atoms with E-state index in [9.17, 15) is 9.59 Å². The van der Waals surface area contributed by atoms with E-state index >= 15 is 0 Å². The molecule has 2 fully saturated rings. The standard InChI is InChI=1S/C17H21N3O2/c1-2-9-18-11-12-19-15(13-18)16(21)20(17(19)22)10-8-14-6-4-3-5-7-14/h2-7,15H,1,8-13H2. The van der Waals surface area contributed by atoms with Gasteiger partial charge >= 0.3 is 6.03 Å². The fraction of sp³-hybridized carbons (Fsp3) is 0.412. The first-order chi connectivity index (χ1) is 10.7. The Bertz CT molecular complexity index is 573. The lowest BCUT2D eigenvalue weighted by atomic mass is 10.1. The third-order valence-corrected chi connectivity index (χ3v) is 4.35. The summed E-state index contributed by atoms with van der Waals surface area (Å²) in [6.07, 6.45) is 2.54. The molecule has 0 radical (unpaired) electrons. The zero-order valence-electron chi connectivity index (χ0n) is 12.6. The molecule has 5 nitrogen and oxygen atoms in total. The largest absolute Gasteiger partial charge is 0.327 e. The van der Waals surface area contributed by atoms with Gasteiger partial charge in [-0.2, -0.15) is 0 Å². The lowest BCUT2D eigenvalue weighted by Gasteiger charge is -2.34. The maximum absolute atomic E-state index is 12.5. The minimum Gasteiger partial charge on any atom is -0.310 e. The van der Waals surface area contributed by atoms with E-state index in [1.807, 2.05) is 36.4 Å². The highest BCUT2D eigenvalue weighted by Gasteiger charge is 2.46. The second-order valence-electron chi connectivity index (χ2n) is 5.77. The van der Waals surface area contributed by atoms with Gasteiger partial charge in [0.15, 0.2) is 0 Å². The van der Waals surface area contributed by atoms with Gasteiger partial charge in [-0.3, -0.25) is 14.6 Å². The van der Waals surface area contributed by atoms with E-state index in [2.05, 4.69) is 11.5 Å². The molecule has 22 heavy (non-hydrogen) atoms. The zero-order valence-corrected chi connectivity index (χ0v) is 12.6. The van der Waals surface area contributed by atoms with Crippen molar-refractivity contribution in [1.29, 1.82) is 0 Å². The number of fused-ring (bicyclic) bond motifs is 1. The maximum Gasteiger partial charge on any atom is 0.327 e. The number of rotatable bonds is 5. The topological polar surface area (TPSA) is 43.9 Å². The Morgan fingerprint density at radius 1 is 1.18 bits per heavy atom. The Morgan fingerprint density at radius 3 is 2.68 bits per heavy atom. The van der Waals surface area contributed by atoms with Gasteiger partial charge in [0.2, 0.25) is 0 Å². The fourth-order valence-corrected chi connectivity index (χ4v) is 3.15. The number of carbonyl (C=O) groups is 2. The second kappa shape index (κ2) is 6.32. The summed E-state index contributed by atoms with van der Waals surface area (Å²) >= 11 is 0. The van der Waals surface area contributed by atoms with E-state index in [0.29, 0.717) is 26.1 Å². The molecule has 0 N–H and O–H groups in total. The number of carbonyl (C=O) groups excluding carboxylic acids is 2. The van der Waals surface area contributed by atoms with Crippen LogP contribution in [0.1, 0.15) is 5.56 Å². The molecule has 2 saturated heterocycles. The normalized spacial score (nSPS) is 22.1. The number of nitrogens with zero attached hydrogens (tertiary/aromatic N) is 3. The van der Waals surface area contributed by atoms with Gasteiger partial charge in [-0.25, -0.2) is 4.79 Å². The number of benzene rings is 1. The molecule has 1 atom stereocenters. The molecule has 0 aromatic heterocycles. The van der Waals surface area contributed by atoms with Gasteiger partial charge in [0.25, 0.3) is 5.91 Å². The monoisotopic (exact) mass is 299 g/mol. The quantitative estimate of drug-likeness (QED) is 0.609. The number of urea groups is 1. The summed E-state index contributed by atoms with van der Waals surface area (Å²) in [7, 11) is 0. The highest BCUT2D eigenvalue weighted by molar-refractivity contribution is 6.04. The summed E-state index contributed by atoms with van der Waals surface area (Å²) < 4.78 is 0. The van der Waals surface area contributed by atoms with Crippen LogP contribution in [0.15, 0.2) is 43.0 Å². The Labute approximate surface area is 130 Å². The Kier molecular flexibility index (Phi) is 4.24. The van der Waals surface area contributed by atoms with Crippen LogP contribution in [0.3, 0.4) is 0 Å². The van der Waals surface area contributed by atoms with E-state index in [1.54, 1.807) is 4.90 Å². The molecule has 3 rings (SSSR count). The van der Waals surface area contributed by atoms with Crippen LogP contribution in [0.5, 0.6) is 0 Å². The second-order valence-corrected chi connectivity index (χ2v) is 5.77. The molecule has 0 bridgehead atoms. The van der Waals surface area contributed by atoms with Gasteiger partial charge in [-0.05, 0) is 12.0 Å². The van der Waals surface area contributed by atoms with Gasteiger partial charge in [0, 0.05) is 32.7 Å². The van der Waals surface area contributed by atoms with Gasteiger partial charge < -0.3 is 4.90 Å². The number of hydrogen-bond acceptors (Lipinski definition) is 3. The van der Waals surface area contributed by atoms with Crippen molar-refractivity contribution >= 4 is 11.9 Å². The highest BCUT2D eigenvalue weighted by atomic mass is 16.2. The van der Waals surface area contributed by atoms with Crippen molar-refractivity contribution in [2.75, 3.05) is 32.7 Å². The van der Waals surface area contributed by atoms with Crippen molar-refractivity contribution in [2.24, 2.45) is 0 Å². The summed E-state index contributed by atoms with van der Waals surface area (Å²) in [4.78, 5) is 30.3. The number of imide groups is 1. The van der Waals surface area contributed by atoms with E-state index in [-0.39, 0.29) is 18.0 Å². The molecular weight excluding hydrogens is 278 g/mol. The molecule has 1 aromatic carbocycles. The van der Waals surface area contributed by atoms with Crippen LogP contribution in [0.25, 0.3) is 0 Å². The molecule has 0 aliphatic carbocycles. The van der Waals surface area contributed by atoms with E-state index < -0.39 is 0 Å². The summed E-state index contributed by atoms with van der Waals surface area (Å²) in [5, 5.41) is 0. The minimum absolute atomic E-state index is 0.0605. The molecule has 2 heterocycles. The predicted octanol–water partition coefficient (Wildman–Crippen LogP) is 1.36. The lowest BCUT2D eigenvalue weighted by molar-refractivity contribution is -0.129. The Hall–Kier alpha value is -2.14. The van der Waals surface area contributed by atoms with Crippen LogP contribution in [-0.4, -0.2) is 65.4 Å². The van der Waals surface area contributed by atoms with Gasteiger partial charge in [-0.15, -0.1) is 6.58 Å². The Balaban J connectivity index is 1.65. The SMILES string of the molecule is C=CCN1CCN2C(=O)N(CCc3ccccc3)C(=O)C2C1. The average Bonchev–Trinajstić information content (AvgIpc) is 2.78. The van der Waals surface area contributed by atoms with Gasteiger partial charge in [-0.1, -0.05) is 36.4 Å². The lowest BCUT2D eigenvalue weighted by Crippen LogP contribution is -2.52. The van der Waals surface area contributed by atoms with Crippen LogP contribution >= 0.6 is 0 Å². The van der Waals surface area contributed by atoms with Crippen molar-refractivity contribution in [3.63, 3.8) is 0 Å². The summed E-state index contributed by atoms with van der Waals surface area (Å²) in [5.41, 5.74) is 1.14. The third-order valence-electron chi connectivity index (χ3n) is 4.35. The van der Waals surface area contributed by atoms with Crippen LogP contribution in [0.2, 0.25) is 0 Å². The number of hydrogen-bond donors (Lipinski definition) is 0. The first kappa shape index (κ1) is 14.8. The van der Waals surface area contributed by atoms with Crippen molar-refractivity contribution in [2.45, 2.75) is 12.5 Å². The van der Waals surface area contributed by atoms with Gasteiger partial charge in [0.1, 0.15) is 6.04 Å². The molecule has 1 unspecified atom stereocenters. The maximum atomic E-state index is 12.5. The van der Waals surface area contributed by atoms with E-state index in [1.165, 1.54) is 4.90 Å². The fourth-order valence-electron chi connectivity index (χ4n) is 3.15. The predicted molar refractivity (Wildman–Crippen MR) is 84.4 cm³/mol. The van der Waals surface area contributed by atoms with Crippen molar-refractivity contribution in [3.8, 4) is 0 Å². The Morgan fingerprint density at radius 2 is 1.95 bits per heavy atom. The molecule has 116 valence electrons. The molecule has 5 heteroatoms. The number of piperazine rings is 1. The molecule has 1 aromatic rings. The minimum atomic E-state index is -0.322. The van der Waals surface area contributed by atoms with Crippen LogP contribution in [0.4, 0.5) is 4.79 Å². The van der Waals surface area contributed by atoms with E-state index in [0.717, 1.165) is 18.7 Å². The first-order valence-corrected chi connectivity index (χ1v) is 7.70. The van der Waals surface area contributed by atoms with Crippen LogP contribution in [-0.2, 0) is 11.2 Å². The van der Waals surface area contributed by atoms with Crippen molar-refractivity contribution in [1.82, 2.24) is 14.7 Å². The molecule has 2 aliphatic rings. The smallest absolute Gasteiger partial charge is 0.310 e. The average molecular weight is 299 g/mol. The summed E-state index contributed by atoms with van der Waals surface area (Å²) in [5.74, 6) is -0.0605. The highest BCUT2D eigenvalue weighted by Crippen LogP contribution is 2.22. The molecule has 2 aliphatic heterocycles. The first-order valence-electron chi connectivity index (χ1n) is 7.70. The van der Waals surface area contributed by atoms with E-state index in [4.69, 9.17) is 0 Å². The van der Waals surface area contributed by atoms with Crippen LogP contribution < -0.4 is 0 Å². The third kappa shape index (κ3) is 2.76. The zero-order chi connectivity index (χ0) is 15.5. The summed E-state index contributed by atoms with van der Waals surface area (Å²) in [6.45, 7) is 6.97. The molecule has 0 saturated carbocycles. The number of amides is 3. The van der Waals surface area contributed by atoms with Crippen molar-refractivity contribution in [3.05, 3.63) is 48.6 Å². The molecular formula is C17H21N3O2. The molecule has 0 spiro atoms. The summed E-state index contributed by atoms with van der Waals surface area (Å²) in [6, 6.07) is 9.48. The van der Waals surface area contributed by atoms with Crippen molar-refractivity contribution < 1.29 is 9.59 Å². The molecule has 3 amide bonds.